The summed E-state index contributed by atoms with van der Waals surface area (Å²) in [6, 6.07) is 9.05. The first-order valence-electron chi connectivity index (χ1n) is 9.16. The van der Waals surface area contributed by atoms with E-state index in [9.17, 15) is 23.8 Å². The molecule has 0 aromatic heterocycles. The summed E-state index contributed by atoms with van der Waals surface area (Å²) in [5, 5.41) is 20.1. The van der Waals surface area contributed by atoms with Gasteiger partial charge in [0.15, 0.2) is 0 Å². The van der Waals surface area contributed by atoms with Crippen LogP contribution in [-0.4, -0.2) is 28.8 Å². The molecule has 0 radical (unpaired) electrons. The summed E-state index contributed by atoms with van der Waals surface area (Å²) in [4.78, 5) is 14.8. The first-order chi connectivity index (χ1) is 13.0. The summed E-state index contributed by atoms with van der Waals surface area (Å²) >= 11 is 0. The molecule has 1 aliphatic heterocycles. The Morgan fingerprint density at radius 3 is 2.48 bits per heavy atom. The van der Waals surface area contributed by atoms with Crippen molar-refractivity contribution in [3.63, 3.8) is 0 Å². The van der Waals surface area contributed by atoms with E-state index in [2.05, 4.69) is 0 Å². The van der Waals surface area contributed by atoms with E-state index in [0.717, 1.165) is 12.8 Å². The zero-order valence-electron chi connectivity index (χ0n) is 14.7. The molecule has 1 saturated carbocycles. The largest absolute Gasteiger partial charge is 0.394 e. The number of hydrogen-bond acceptors (Lipinski definition) is 3. The van der Waals surface area contributed by atoms with Gasteiger partial charge in [-0.05, 0) is 42.2 Å². The van der Waals surface area contributed by atoms with Crippen molar-refractivity contribution in [2.45, 2.75) is 43.2 Å². The van der Waals surface area contributed by atoms with Crippen LogP contribution in [0.3, 0.4) is 0 Å². The van der Waals surface area contributed by atoms with Crippen LogP contribution in [0.4, 0.5) is 14.5 Å². The average Bonchev–Trinajstić information content (AvgIpc) is 3.24. The van der Waals surface area contributed by atoms with Crippen LogP contribution in [0, 0.1) is 11.6 Å². The molecule has 2 atom stereocenters. The van der Waals surface area contributed by atoms with Crippen LogP contribution in [0.25, 0.3) is 0 Å². The van der Waals surface area contributed by atoms with Gasteiger partial charge in [-0.3, -0.25) is 9.69 Å². The molecule has 2 N–H and O–H groups in total. The Bertz CT molecular complexity index is 879. The molecule has 1 spiro atoms. The van der Waals surface area contributed by atoms with Crippen LogP contribution in [0.15, 0.2) is 42.5 Å². The smallest absolute Gasteiger partial charge is 0.238 e. The van der Waals surface area contributed by atoms with Gasteiger partial charge in [0.2, 0.25) is 5.91 Å². The number of nitrogens with zero attached hydrogens (tertiary/aromatic N) is 1. The molecule has 1 fully saturated rings. The fourth-order valence-corrected chi connectivity index (χ4v) is 4.65. The number of carbonyl (C=O) groups is 1. The molecular formula is C21H21F2NO3. The summed E-state index contributed by atoms with van der Waals surface area (Å²) in [7, 11) is 0. The van der Waals surface area contributed by atoms with Crippen LogP contribution >= 0.6 is 0 Å². The Hall–Kier alpha value is -2.31. The van der Waals surface area contributed by atoms with E-state index in [1.165, 1.54) is 29.2 Å². The molecule has 2 aromatic carbocycles. The summed E-state index contributed by atoms with van der Waals surface area (Å²) in [5.74, 6) is -1.38. The molecule has 142 valence electrons. The van der Waals surface area contributed by atoms with Crippen LogP contribution in [0.2, 0.25) is 0 Å². The lowest BCUT2D eigenvalue weighted by molar-refractivity contribution is -0.124. The van der Waals surface area contributed by atoms with E-state index in [0.29, 0.717) is 24.0 Å². The highest BCUT2D eigenvalue weighted by atomic mass is 19.1. The highest BCUT2D eigenvalue weighted by Crippen LogP contribution is 2.54. The summed E-state index contributed by atoms with van der Waals surface area (Å²) in [5.41, 5.74) is 0.259. The molecule has 0 saturated heterocycles. The predicted octanol–water partition coefficient (Wildman–Crippen LogP) is 3.22. The molecule has 1 heterocycles. The standard InChI is InChI=1S/C21H21F2NO3/c22-14-6-3-5-13(11-14)18(17(26)12-25)24-19-15(7-4-8-16(19)23)21(20(24)27)9-1-2-10-21/h3-8,11,17-18,25-26H,1-2,9-10,12H2/t17-,18+/m1/s1. The number of rotatable bonds is 4. The SMILES string of the molecule is O=C1N([C@@H](c2cccc(F)c2)[C@H](O)CO)c2c(F)cccc2C12CCCC2. The van der Waals surface area contributed by atoms with E-state index >= 15 is 0 Å². The van der Waals surface area contributed by atoms with Gasteiger partial charge in [0.1, 0.15) is 17.7 Å². The van der Waals surface area contributed by atoms with Crippen LogP contribution in [0.5, 0.6) is 0 Å². The van der Waals surface area contributed by atoms with Crippen molar-refractivity contribution in [3.05, 3.63) is 65.2 Å². The van der Waals surface area contributed by atoms with Crippen molar-refractivity contribution in [1.29, 1.82) is 0 Å². The maximum absolute atomic E-state index is 14.9. The minimum absolute atomic E-state index is 0.131. The third-order valence-corrected chi connectivity index (χ3v) is 5.85. The van der Waals surface area contributed by atoms with Crippen molar-refractivity contribution in [2.75, 3.05) is 11.5 Å². The molecule has 0 unspecified atom stereocenters. The molecule has 1 amide bonds. The highest BCUT2D eigenvalue weighted by Gasteiger charge is 2.55. The van der Waals surface area contributed by atoms with Crippen molar-refractivity contribution in [2.24, 2.45) is 0 Å². The summed E-state index contributed by atoms with van der Waals surface area (Å²) < 4.78 is 28.7. The number of amides is 1. The molecular weight excluding hydrogens is 352 g/mol. The van der Waals surface area contributed by atoms with Gasteiger partial charge in [0, 0.05) is 0 Å². The van der Waals surface area contributed by atoms with Crippen molar-refractivity contribution >= 4 is 11.6 Å². The second-order valence-electron chi connectivity index (χ2n) is 7.35. The number of aliphatic hydroxyl groups is 2. The van der Waals surface area contributed by atoms with E-state index < -0.39 is 35.8 Å². The zero-order chi connectivity index (χ0) is 19.2. The van der Waals surface area contributed by atoms with Gasteiger partial charge in [-0.1, -0.05) is 37.1 Å². The van der Waals surface area contributed by atoms with Gasteiger partial charge >= 0.3 is 0 Å². The lowest BCUT2D eigenvalue weighted by atomic mass is 9.80. The molecule has 4 rings (SSSR count). The maximum Gasteiger partial charge on any atom is 0.238 e. The van der Waals surface area contributed by atoms with Gasteiger partial charge in [-0.2, -0.15) is 0 Å². The Labute approximate surface area is 156 Å². The maximum atomic E-state index is 14.9. The second-order valence-corrected chi connectivity index (χ2v) is 7.35. The lowest BCUT2D eigenvalue weighted by Gasteiger charge is -2.33. The minimum Gasteiger partial charge on any atom is -0.394 e. The normalized spacial score (nSPS) is 20.1. The summed E-state index contributed by atoms with van der Waals surface area (Å²) in [6.07, 6.45) is 1.58. The van der Waals surface area contributed by atoms with Crippen LogP contribution in [-0.2, 0) is 10.2 Å². The molecule has 4 nitrogen and oxygen atoms in total. The molecule has 0 bridgehead atoms. The van der Waals surface area contributed by atoms with Crippen molar-refractivity contribution in [1.82, 2.24) is 0 Å². The number of benzene rings is 2. The number of hydrogen-bond donors (Lipinski definition) is 2. The van der Waals surface area contributed by atoms with E-state index in [-0.39, 0.29) is 11.6 Å². The minimum atomic E-state index is -1.38. The van der Waals surface area contributed by atoms with Crippen LogP contribution in [0.1, 0.15) is 42.9 Å². The van der Waals surface area contributed by atoms with Gasteiger partial charge in [-0.25, -0.2) is 8.78 Å². The van der Waals surface area contributed by atoms with E-state index in [4.69, 9.17) is 0 Å². The highest BCUT2D eigenvalue weighted by molar-refractivity contribution is 6.09. The third-order valence-electron chi connectivity index (χ3n) is 5.85. The van der Waals surface area contributed by atoms with Crippen molar-refractivity contribution < 1.29 is 23.8 Å². The van der Waals surface area contributed by atoms with Crippen molar-refractivity contribution in [3.8, 4) is 0 Å². The summed E-state index contributed by atoms with van der Waals surface area (Å²) in [6.45, 7) is -0.637. The van der Waals surface area contributed by atoms with E-state index in [1.54, 1.807) is 18.2 Å². The fraction of sp³-hybridized carbons (Fsp3) is 0.381. The quantitative estimate of drug-likeness (QED) is 0.865. The van der Waals surface area contributed by atoms with Gasteiger partial charge < -0.3 is 10.2 Å². The van der Waals surface area contributed by atoms with Gasteiger partial charge in [-0.15, -0.1) is 0 Å². The Morgan fingerprint density at radius 2 is 1.81 bits per heavy atom. The second kappa shape index (κ2) is 6.69. The number of halogens is 2. The Balaban J connectivity index is 1.92. The van der Waals surface area contributed by atoms with Gasteiger partial charge in [0.25, 0.3) is 0 Å². The number of para-hydroxylation sites is 1. The predicted molar refractivity (Wildman–Crippen MR) is 96.3 cm³/mol. The van der Waals surface area contributed by atoms with Crippen LogP contribution < -0.4 is 4.90 Å². The topological polar surface area (TPSA) is 60.8 Å². The fourth-order valence-electron chi connectivity index (χ4n) is 4.65. The number of anilines is 1. The Morgan fingerprint density at radius 1 is 1.11 bits per heavy atom. The first kappa shape index (κ1) is 18.1. The van der Waals surface area contributed by atoms with E-state index in [1.807, 2.05) is 0 Å². The lowest BCUT2D eigenvalue weighted by Crippen LogP contribution is -2.45. The molecule has 6 heteroatoms. The third kappa shape index (κ3) is 2.66. The molecule has 2 aliphatic rings. The van der Waals surface area contributed by atoms with Gasteiger partial charge in [0.05, 0.1) is 23.8 Å². The number of fused-ring (bicyclic) bond motifs is 2. The first-order valence-corrected chi connectivity index (χ1v) is 9.16. The zero-order valence-corrected chi connectivity index (χ0v) is 14.7. The number of aliphatic hydroxyl groups excluding tert-OH is 2. The molecule has 27 heavy (non-hydrogen) atoms. The Kier molecular flexibility index (Phi) is 4.48. The molecule has 1 aliphatic carbocycles. The number of carbonyl (C=O) groups excluding carboxylic acids is 1. The molecule has 2 aromatic rings. The average molecular weight is 373 g/mol. The monoisotopic (exact) mass is 373 g/mol.